The first kappa shape index (κ1) is 17.4. The number of carboxylic acid groups (broad SMARTS) is 1. The highest BCUT2D eigenvalue weighted by atomic mass is 35.5. The maximum Gasteiger partial charge on any atom is 0.320 e. The number of ether oxygens (including phenoxy) is 2. The van der Waals surface area contributed by atoms with Crippen molar-refractivity contribution in [2.45, 2.75) is 50.7 Å². The van der Waals surface area contributed by atoms with E-state index in [1.807, 2.05) is 12.1 Å². The lowest BCUT2D eigenvalue weighted by Crippen LogP contribution is -2.41. The van der Waals surface area contributed by atoms with Crippen molar-refractivity contribution in [2.75, 3.05) is 14.2 Å². The standard InChI is InChI=1S/C18H24ClNO4/c1-23-15-8-7-12(16(19)17(15)24-2)10-20-13-6-4-3-5-11(13)9-14(20)18(21)22/h7-8,11,13-14H,3-6,9-10H2,1-2H3,(H,21,22). The fourth-order valence-electron chi connectivity index (χ4n) is 4.27. The van der Waals surface area contributed by atoms with Gasteiger partial charge in [-0.25, -0.2) is 0 Å². The largest absolute Gasteiger partial charge is 0.493 e. The van der Waals surface area contributed by atoms with Crippen LogP contribution >= 0.6 is 11.6 Å². The van der Waals surface area contributed by atoms with Crippen LogP contribution in [0, 0.1) is 5.92 Å². The molecule has 132 valence electrons. The van der Waals surface area contributed by atoms with Gasteiger partial charge in [0, 0.05) is 12.6 Å². The van der Waals surface area contributed by atoms with Gasteiger partial charge in [0.2, 0.25) is 0 Å². The molecule has 0 bridgehead atoms. The Morgan fingerprint density at radius 1 is 1.29 bits per heavy atom. The summed E-state index contributed by atoms with van der Waals surface area (Å²) in [5.74, 6) is 0.834. The van der Waals surface area contributed by atoms with Crippen LogP contribution in [0.15, 0.2) is 12.1 Å². The van der Waals surface area contributed by atoms with Gasteiger partial charge >= 0.3 is 5.97 Å². The second-order valence-electron chi connectivity index (χ2n) is 6.65. The zero-order chi connectivity index (χ0) is 17.3. The third-order valence-electron chi connectivity index (χ3n) is 5.42. The summed E-state index contributed by atoms with van der Waals surface area (Å²) in [5, 5.41) is 10.1. The van der Waals surface area contributed by atoms with Crippen molar-refractivity contribution in [1.82, 2.24) is 4.90 Å². The Balaban J connectivity index is 1.89. The van der Waals surface area contributed by atoms with Crippen molar-refractivity contribution < 1.29 is 19.4 Å². The van der Waals surface area contributed by atoms with Crippen molar-refractivity contribution in [3.05, 3.63) is 22.7 Å². The number of methoxy groups -OCH3 is 2. The van der Waals surface area contributed by atoms with Gasteiger partial charge in [0.05, 0.1) is 19.2 Å². The minimum Gasteiger partial charge on any atom is -0.493 e. The number of carboxylic acids is 1. The minimum absolute atomic E-state index is 0.337. The highest BCUT2D eigenvalue weighted by molar-refractivity contribution is 6.33. The first-order chi connectivity index (χ1) is 11.6. The number of rotatable bonds is 5. The number of likely N-dealkylation sites (tertiary alicyclic amines) is 1. The van der Waals surface area contributed by atoms with Crippen LogP contribution in [-0.4, -0.2) is 42.3 Å². The molecule has 5 nitrogen and oxygen atoms in total. The van der Waals surface area contributed by atoms with Crippen molar-refractivity contribution in [2.24, 2.45) is 5.92 Å². The minimum atomic E-state index is -0.735. The molecule has 0 spiro atoms. The maximum absolute atomic E-state index is 11.7. The van der Waals surface area contributed by atoms with E-state index in [0.717, 1.165) is 24.8 Å². The van der Waals surface area contributed by atoms with Crippen molar-refractivity contribution in [3.63, 3.8) is 0 Å². The van der Waals surface area contributed by atoms with Gasteiger partial charge in [-0.1, -0.05) is 30.5 Å². The normalized spacial score (nSPS) is 26.9. The van der Waals surface area contributed by atoms with Crippen molar-refractivity contribution in [1.29, 1.82) is 0 Å². The number of benzene rings is 1. The van der Waals surface area contributed by atoms with Crippen molar-refractivity contribution in [3.8, 4) is 11.5 Å². The van der Waals surface area contributed by atoms with Gasteiger partial charge in [0.25, 0.3) is 0 Å². The lowest BCUT2D eigenvalue weighted by Gasteiger charge is -2.33. The number of nitrogens with zero attached hydrogens (tertiary/aromatic N) is 1. The van der Waals surface area contributed by atoms with E-state index in [2.05, 4.69) is 4.90 Å². The molecule has 1 aromatic carbocycles. The van der Waals surface area contributed by atoms with Gasteiger partial charge in [-0.15, -0.1) is 0 Å². The molecule has 0 amide bonds. The number of carbonyl (C=O) groups is 1. The molecule has 1 aliphatic heterocycles. The second-order valence-corrected chi connectivity index (χ2v) is 7.03. The van der Waals surface area contributed by atoms with Crippen LogP contribution in [0.25, 0.3) is 0 Å². The van der Waals surface area contributed by atoms with E-state index in [1.54, 1.807) is 14.2 Å². The lowest BCUT2D eigenvalue weighted by molar-refractivity contribution is -0.142. The summed E-state index contributed by atoms with van der Waals surface area (Å²) in [6.45, 7) is 0.525. The summed E-state index contributed by atoms with van der Waals surface area (Å²) in [4.78, 5) is 13.9. The summed E-state index contributed by atoms with van der Waals surface area (Å²) in [5.41, 5.74) is 0.881. The average molecular weight is 354 g/mol. The Morgan fingerprint density at radius 3 is 2.71 bits per heavy atom. The fourth-order valence-corrected chi connectivity index (χ4v) is 4.56. The van der Waals surface area contributed by atoms with Crippen molar-refractivity contribution >= 4 is 17.6 Å². The molecule has 1 N–H and O–H groups in total. The van der Waals surface area contributed by atoms with Crippen LogP contribution in [0.4, 0.5) is 0 Å². The first-order valence-corrected chi connectivity index (χ1v) is 8.82. The fraction of sp³-hybridized carbons (Fsp3) is 0.611. The average Bonchev–Trinajstić information content (AvgIpc) is 2.95. The van der Waals surface area contributed by atoms with E-state index in [4.69, 9.17) is 21.1 Å². The molecule has 6 heteroatoms. The van der Waals surface area contributed by atoms with E-state index in [1.165, 1.54) is 12.8 Å². The van der Waals surface area contributed by atoms with Crippen LogP contribution in [0.3, 0.4) is 0 Å². The highest BCUT2D eigenvalue weighted by Crippen LogP contribution is 2.43. The van der Waals surface area contributed by atoms with Crippen LogP contribution in [0.5, 0.6) is 11.5 Å². The molecule has 0 radical (unpaired) electrons. The van der Waals surface area contributed by atoms with E-state index in [9.17, 15) is 9.90 Å². The monoisotopic (exact) mass is 353 g/mol. The number of hydrogen-bond donors (Lipinski definition) is 1. The molecular weight excluding hydrogens is 330 g/mol. The highest BCUT2D eigenvalue weighted by Gasteiger charge is 2.45. The maximum atomic E-state index is 11.7. The second kappa shape index (κ2) is 7.19. The third-order valence-corrected chi connectivity index (χ3v) is 5.84. The van der Waals surface area contributed by atoms with Crippen LogP contribution in [0.1, 0.15) is 37.7 Å². The Bertz CT molecular complexity index is 621. The zero-order valence-electron chi connectivity index (χ0n) is 14.1. The van der Waals surface area contributed by atoms with Gasteiger partial charge in [-0.3, -0.25) is 9.69 Å². The molecule has 2 aliphatic rings. The summed E-state index contributed by atoms with van der Waals surface area (Å²) >= 11 is 6.49. The van der Waals surface area contributed by atoms with Gasteiger partial charge in [-0.2, -0.15) is 0 Å². The zero-order valence-corrected chi connectivity index (χ0v) is 14.9. The molecule has 1 aromatic rings. The van der Waals surface area contributed by atoms with Crippen LogP contribution in [0.2, 0.25) is 5.02 Å². The SMILES string of the molecule is COc1ccc(CN2C(C(=O)O)CC3CCCCC32)c(Cl)c1OC. The Kier molecular flexibility index (Phi) is 5.21. The van der Waals surface area contributed by atoms with Crippen LogP contribution in [-0.2, 0) is 11.3 Å². The quantitative estimate of drug-likeness (QED) is 0.876. The molecule has 2 fully saturated rings. The van der Waals surface area contributed by atoms with E-state index in [-0.39, 0.29) is 0 Å². The number of aliphatic carboxylic acids is 1. The molecule has 1 saturated heterocycles. The van der Waals surface area contributed by atoms with Crippen LogP contribution < -0.4 is 9.47 Å². The molecule has 3 rings (SSSR count). The topological polar surface area (TPSA) is 59.0 Å². The summed E-state index contributed by atoms with van der Waals surface area (Å²) in [6.07, 6.45) is 5.32. The predicted octanol–water partition coefficient (Wildman–Crippen LogP) is 3.57. The molecule has 1 heterocycles. The Morgan fingerprint density at radius 2 is 2.04 bits per heavy atom. The van der Waals surface area contributed by atoms with Gasteiger partial charge in [0.1, 0.15) is 6.04 Å². The predicted molar refractivity (Wildman–Crippen MR) is 91.9 cm³/mol. The van der Waals surface area contributed by atoms with E-state index >= 15 is 0 Å². The van der Waals surface area contributed by atoms with E-state index < -0.39 is 12.0 Å². The number of hydrogen-bond acceptors (Lipinski definition) is 4. The number of halogens is 1. The molecule has 3 unspecified atom stereocenters. The van der Waals surface area contributed by atoms with Gasteiger partial charge in [-0.05, 0) is 36.8 Å². The Hall–Kier alpha value is -1.46. The van der Waals surface area contributed by atoms with Gasteiger partial charge in [0.15, 0.2) is 11.5 Å². The molecule has 1 saturated carbocycles. The molecule has 0 aromatic heterocycles. The summed E-state index contributed by atoms with van der Waals surface area (Å²) < 4.78 is 10.6. The number of fused-ring (bicyclic) bond motifs is 1. The summed E-state index contributed by atoms with van der Waals surface area (Å²) in [6, 6.07) is 3.63. The third kappa shape index (κ3) is 3.07. The molecular formula is C18H24ClNO4. The lowest BCUT2D eigenvalue weighted by atomic mass is 9.84. The van der Waals surface area contributed by atoms with Gasteiger partial charge < -0.3 is 14.6 Å². The summed E-state index contributed by atoms with van der Waals surface area (Å²) in [7, 11) is 3.13. The smallest absolute Gasteiger partial charge is 0.320 e. The molecule has 1 aliphatic carbocycles. The first-order valence-electron chi connectivity index (χ1n) is 8.44. The molecule has 3 atom stereocenters. The Labute approximate surface area is 147 Å². The van der Waals surface area contributed by atoms with E-state index in [0.29, 0.717) is 35.0 Å². The molecule has 24 heavy (non-hydrogen) atoms.